The number of benzene rings is 3. The fourth-order valence-electron chi connectivity index (χ4n) is 2.96. The number of hydrogen-bond donors (Lipinski definition) is 2. The van der Waals surface area contributed by atoms with Crippen LogP contribution in [0, 0.1) is 5.82 Å². The minimum absolute atomic E-state index is 0.110. The number of nitrogens with one attached hydrogen (secondary N) is 1. The summed E-state index contributed by atoms with van der Waals surface area (Å²) in [6.45, 7) is 2.25. The standard InChI is InChI=1S/C25H21BrFNO5/c1-2-32-22-14-17(12-20(26)23(22)33-15-16-7-6-10-19(27)11-16)13-21(25(30)31)28-24(29)18-8-4-3-5-9-18/h3-14H,2,15H2,1H3,(H,28,29)(H,30,31). The third-order valence-electron chi connectivity index (χ3n) is 4.43. The van der Waals surface area contributed by atoms with E-state index >= 15 is 0 Å². The average Bonchev–Trinajstić information content (AvgIpc) is 2.79. The average molecular weight is 514 g/mol. The number of amides is 1. The molecule has 170 valence electrons. The van der Waals surface area contributed by atoms with Gasteiger partial charge >= 0.3 is 5.97 Å². The first-order valence-corrected chi connectivity index (χ1v) is 10.8. The summed E-state index contributed by atoms with van der Waals surface area (Å²) >= 11 is 3.43. The van der Waals surface area contributed by atoms with E-state index in [9.17, 15) is 19.1 Å². The number of carboxylic acids is 1. The second kappa shape index (κ2) is 11.3. The summed E-state index contributed by atoms with van der Waals surface area (Å²) in [5.74, 6) is -1.43. The van der Waals surface area contributed by atoms with Crippen LogP contribution in [0.2, 0.25) is 0 Å². The monoisotopic (exact) mass is 513 g/mol. The van der Waals surface area contributed by atoms with Crippen molar-refractivity contribution in [3.63, 3.8) is 0 Å². The molecule has 3 aromatic carbocycles. The number of carbonyl (C=O) groups is 2. The number of hydrogen-bond acceptors (Lipinski definition) is 4. The lowest BCUT2D eigenvalue weighted by Crippen LogP contribution is -2.27. The van der Waals surface area contributed by atoms with Crippen LogP contribution in [0.1, 0.15) is 28.4 Å². The van der Waals surface area contributed by atoms with Gasteiger partial charge in [-0.05, 0) is 76.5 Å². The van der Waals surface area contributed by atoms with E-state index in [1.54, 1.807) is 61.5 Å². The number of halogens is 2. The van der Waals surface area contributed by atoms with Crippen LogP contribution in [0.5, 0.6) is 11.5 Å². The topological polar surface area (TPSA) is 84.9 Å². The van der Waals surface area contributed by atoms with Crippen LogP contribution in [0.25, 0.3) is 6.08 Å². The summed E-state index contributed by atoms with van der Waals surface area (Å²) < 4.78 is 25.5. The van der Waals surface area contributed by atoms with E-state index in [1.165, 1.54) is 18.2 Å². The molecule has 3 rings (SSSR count). The van der Waals surface area contributed by atoms with Gasteiger partial charge in [0.15, 0.2) is 11.5 Å². The Morgan fingerprint density at radius 1 is 1.06 bits per heavy atom. The molecule has 8 heteroatoms. The molecule has 0 aliphatic carbocycles. The lowest BCUT2D eigenvalue weighted by atomic mass is 10.1. The smallest absolute Gasteiger partial charge is 0.352 e. The van der Waals surface area contributed by atoms with Crippen LogP contribution in [0.4, 0.5) is 4.39 Å². The molecule has 0 spiro atoms. The molecule has 3 aromatic rings. The number of aliphatic carboxylic acids is 1. The van der Waals surface area contributed by atoms with Crippen LogP contribution in [0.15, 0.2) is 76.9 Å². The van der Waals surface area contributed by atoms with Crippen molar-refractivity contribution in [2.75, 3.05) is 6.61 Å². The molecular formula is C25H21BrFNO5. The molecule has 0 aliphatic rings. The first-order chi connectivity index (χ1) is 15.9. The summed E-state index contributed by atoms with van der Waals surface area (Å²) in [6, 6.07) is 17.6. The van der Waals surface area contributed by atoms with Gasteiger partial charge < -0.3 is 19.9 Å². The molecule has 1 amide bonds. The quantitative estimate of drug-likeness (QED) is 0.373. The molecule has 0 saturated carbocycles. The second-order valence-electron chi connectivity index (χ2n) is 6.86. The van der Waals surface area contributed by atoms with Gasteiger partial charge in [-0.3, -0.25) is 4.79 Å². The molecular weight excluding hydrogens is 493 g/mol. The number of rotatable bonds is 9. The van der Waals surface area contributed by atoms with E-state index in [1.807, 2.05) is 0 Å². The van der Waals surface area contributed by atoms with Crippen molar-refractivity contribution in [2.45, 2.75) is 13.5 Å². The van der Waals surface area contributed by atoms with Crippen LogP contribution >= 0.6 is 15.9 Å². The summed E-state index contributed by atoms with van der Waals surface area (Å²) in [5.41, 5.74) is 1.15. The van der Waals surface area contributed by atoms with Gasteiger partial charge in [0, 0.05) is 5.56 Å². The van der Waals surface area contributed by atoms with Crippen LogP contribution < -0.4 is 14.8 Å². The summed E-state index contributed by atoms with van der Waals surface area (Å²) in [5, 5.41) is 12.0. The molecule has 0 fully saturated rings. The molecule has 0 bridgehead atoms. The molecule has 6 nitrogen and oxygen atoms in total. The Kier molecular flexibility index (Phi) is 8.21. The highest BCUT2D eigenvalue weighted by atomic mass is 79.9. The van der Waals surface area contributed by atoms with Crippen molar-refractivity contribution in [3.05, 3.63) is 99.4 Å². The fraction of sp³-hybridized carbons (Fsp3) is 0.120. The Balaban J connectivity index is 1.87. The van der Waals surface area contributed by atoms with Crippen molar-refractivity contribution in [1.82, 2.24) is 5.32 Å². The first-order valence-electron chi connectivity index (χ1n) is 10.0. The lowest BCUT2D eigenvalue weighted by molar-refractivity contribution is -0.132. The predicted octanol–water partition coefficient (Wildman–Crippen LogP) is 5.42. The van der Waals surface area contributed by atoms with Gasteiger partial charge in [-0.1, -0.05) is 30.3 Å². The predicted molar refractivity (Wildman–Crippen MR) is 126 cm³/mol. The van der Waals surface area contributed by atoms with E-state index in [2.05, 4.69) is 21.2 Å². The molecule has 0 atom stereocenters. The fourth-order valence-corrected chi connectivity index (χ4v) is 3.53. The largest absolute Gasteiger partial charge is 0.490 e. The third-order valence-corrected chi connectivity index (χ3v) is 5.02. The van der Waals surface area contributed by atoms with E-state index in [0.29, 0.717) is 39.3 Å². The first kappa shape index (κ1) is 24.0. The highest BCUT2D eigenvalue weighted by molar-refractivity contribution is 9.10. The number of carbonyl (C=O) groups excluding carboxylic acids is 1. The molecule has 0 aliphatic heterocycles. The Labute approximate surface area is 198 Å². The Hall–Kier alpha value is -3.65. The zero-order valence-corrected chi connectivity index (χ0v) is 19.3. The van der Waals surface area contributed by atoms with Gasteiger partial charge in [-0.15, -0.1) is 0 Å². The molecule has 0 heterocycles. The van der Waals surface area contributed by atoms with Gasteiger partial charge in [0.25, 0.3) is 5.91 Å². The Morgan fingerprint density at radius 3 is 2.48 bits per heavy atom. The molecule has 0 radical (unpaired) electrons. The zero-order valence-electron chi connectivity index (χ0n) is 17.7. The Bertz CT molecular complexity index is 1180. The van der Waals surface area contributed by atoms with Gasteiger partial charge in [0.1, 0.15) is 18.1 Å². The van der Waals surface area contributed by atoms with Crippen molar-refractivity contribution in [2.24, 2.45) is 0 Å². The second-order valence-corrected chi connectivity index (χ2v) is 7.72. The number of carboxylic acid groups (broad SMARTS) is 1. The van der Waals surface area contributed by atoms with E-state index in [0.717, 1.165) is 0 Å². The molecule has 2 N–H and O–H groups in total. The van der Waals surface area contributed by atoms with Gasteiger partial charge in [0.05, 0.1) is 11.1 Å². The maximum absolute atomic E-state index is 13.4. The number of ether oxygens (including phenoxy) is 2. The van der Waals surface area contributed by atoms with Crippen molar-refractivity contribution >= 4 is 33.9 Å². The normalized spacial score (nSPS) is 11.1. The van der Waals surface area contributed by atoms with E-state index in [4.69, 9.17) is 9.47 Å². The van der Waals surface area contributed by atoms with Crippen molar-refractivity contribution < 1.29 is 28.6 Å². The molecule has 0 unspecified atom stereocenters. The minimum Gasteiger partial charge on any atom is -0.490 e. The minimum atomic E-state index is -1.29. The maximum Gasteiger partial charge on any atom is 0.352 e. The van der Waals surface area contributed by atoms with Gasteiger partial charge in [-0.2, -0.15) is 0 Å². The Morgan fingerprint density at radius 2 is 1.82 bits per heavy atom. The van der Waals surface area contributed by atoms with Crippen LogP contribution in [-0.4, -0.2) is 23.6 Å². The highest BCUT2D eigenvalue weighted by Crippen LogP contribution is 2.38. The molecule has 0 saturated heterocycles. The van der Waals surface area contributed by atoms with Gasteiger partial charge in [-0.25, -0.2) is 9.18 Å². The zero-order chi connectivity index (χ0) is 23.8. The summed E-state index contributed by atoms with van der Waals surface area (Å²) in [4.78, 5) is 24.1. The van der Waals surface area contributed by atoms with Crippen LogP contribution in [0.3, 0.4) is 0 Å². The summed E-state index contributed by atoms with van der Waals surface area (Å²) in [7, 11) is 0. The van der Waals surface area contributed by atoms with Crippen molar-refractivity contribution in [3.8, 4) is 11.5 Å². The van der Waals surface area contributed by atoms with E-state index in [-0.39, 0.29) is 18.1 Å². The van der Waals surface area contributed by atoms with Crippen molar-refractivity contribution in [1.29, 1.82) is 0 Å². The SMILES string of the molecule is CCOc1cc(C=C(NC(=O)c2ccccc2)C(=O)O)cc(Br)c1OCc1cccc(F)c1. The maximum atomic E-state index is 13.4. The molecule has 33 heavy (non-hydrogen) atoms. The lowest BCUT2D eigenvalue weighted by Gasteiger charge is -2.15. The molecule has 0 aromatic heterocycles. The van der Waals surface area contributed by atoms with Gasteiger partial charge in [0.2, 0.25) is 0 Å². The third kappa shape index (κ3) is 6.66. The van der Waals surface area contributed by atoms with E-state index < -0.39 is 11.9 Å². The highest BCUT2D eigenvalue weighted by Gasteiger charge is 2.16. The van der Waals surface area contributed by atoms with Crippen LogP contribution in [-0.2, 0) is 11.4 Å². The summed E-state index contributed by atoms with van der Waals surface area (Å²) in [6.07, 6.45) is 1.33.